The topological polar surface area (TPSA) is 83.9 Å². The number of aliphatic hydroxyl groups is 1. The molecule has 1 aliphatic rings. The first-order valence-corrected chi connectivity index (χ1v) is 10.6. The van der Waals surface area contributed by atoms with Crippen molar-refractivity contribution in [3.8, 4) is 5.75 Å². The zero-order valence-electron chi connectivity index (χ0n) is 18.3. The highest BCUT2D eigenvalue weighted by atomic mass is 16.5. The summed E-state index contributed by atoms with van der Waals surface area (Å²) in [7, 11) is 0. The molecule has 3 aromatic carbocycles. The molecule has 1 N–H and O–H groups in total. The number of amides is 1. The second-order valence-electron chi connectivity index (χ2n) is 7.72. The highest BCUT2D eigenvalue weighted by Crippen LogP contribution is 2.42. The quantitative estimate of drug-likeness (QED) is 0.202. The second kappa shape index (κ2) is 9.12. The third kappa shape index (κ3) is 4.28. The third-order valence-electron chi connectivity index (χ3n) is 5.57. The number of nitrogens with zero attached hydrogens (tertiary/aromatic N) is 1. The molecule has 6 heteroatoms. The van der Waals surface area contributed by atoms with E-state index >= 15 is 0 Å². The van der Waals surface area contributed by atoms with Crippen molar-refractivity contribution in [3.63, 3.8) is 0 Å². The van der Waals surface area contributed by atoms with Crippen molar-refractivity contribution in [1.82, 2.24) is 0 Å². The van der Waals surface area contributed by atoms with Gasteiger partial charge in [0, 0.05) is 18.2 Å². The fraction of sp³-hybridized carbons (Fsp3) is 0.148. The molecule has 1 unspecified atom stereocenters. The Morgan fingerprint density at radius 1 is 0.939 bits per heavy atom. The molecule has 166 valence electrons. The molecule has 0 aliphatic carbocycles. The summed E-state index contributed by atoms with van der Waals surface area (Å²) in [6.07, 6.45) is 0.841. The molecule has 6 nitrogen and oxygen atoms in total. The van der Waals surface area contributed by atoms with Crippen molar-refractivity contribution in [2.75, 3.05) is 4.90 Å². The van der Waals surface area contributed by atoms with Crippen LogP contribution in [0.3, 0.4) is 0 Å². The van der Waals surface area contributed by atoms with Crippen LogP contribution in [0, 0.1) is 0 Å². The molecule has 1 atom stereocenters. The molecule has 0 spiro atoms. The standard InChI is InChI=1S/C27H23NO5/c1-3-18-9-13-21(14-10-18)28-24(19-11-15-22(16-12-19)33-17(2)29)23(26(31)27(28)32)25(30)20-7-5-4-6-8-20/h4-16,24,30H,3H2,1-2H3/b25-23+. The molecule has 3 aromatic rings. The Labute approximate surface area is 191 Å². The maximum atomic E-state index is 13.2. The minimum atomic E-state index is -0.843. The van der Waals surface area contributed by atoms with Gasteiger partial charge in [0.25, 0.3) is 11.7 Å². The van der Waals surface area contributed by atoms with Crippen LogP contribution in [0.25, 0.3) is 5.76 Å². The van der Waals surface area contributed by atoms with Gasteiger partial charge in [-0.15, -0.1) is 0 Å². The Morgan fingerprint density at radius 2 is 1.58 bits per heavy atom. The second-order valence-corrected chi connectivity index (χ2v) is 7.72. The predicted molar refractivity (Wildman–Crippen MR) is 125 cm³/mol. The average Bonchev–Trinajstić information content (AvgIpc) is 3.10. The van der Waals surface area contributed by atoms with E-state index < -0.39 is 23.7 Å². The lowest BCUT2D eigenvalue weighted by atomic mass is 9.95. The van der Waals surface area contributed by atoms with Crippen molar-refractivity contribution in [2.24, 2.45) is 0 Å². The minimum absolute atomic E-state index is 0.00556. The summed E-state index contributed by atoms with van der Waals surface area (Å²) < 4.78 is 5.11. The van der Waals surface area contributed by atoms with Crippen LogP contribution in [0.4, 0.5) is 5.69 Å². The maximum Gasteiger partial charge on any atom is 0.308 e. The van der Waals surface area contributed by atoms with Crippen LogP contribution in [0.1, 0.15) is 36.6 Å². The lowest BCUT2D eigenvalue weighted by Gasteiger charge is -2.25. The van der Waals surface area contributed by atoms with Gasteiger partial charge >= 0.3 is 5.97 Å². The van der Waals surface area contributed by atoms with Crippen LogP contribution in [-0.4, -0.2) is 22.8 Å². The van der Waals surface area contributed by atoms with Gasteiger partial charge in [-0.25, -0.2) is 0 Å². The van der Waals surface area contributed by atoms with Gasteiger partial charge in [-0.05, 0) is 41.8 Å². The highest BCUT2D eigenvalue weighted by Gasteiger charge is 2.46. The number of benzene rings is 3. The monoisotopic (exact) mass is 441 g/mol. The van der Waals surface area contributed by atoms with Gasteiger partial charge in [-0.1, -0.05) is 61.5 Å². The fourth-order valence-corrected chi connectivity index (χ4v) is 3.94. The van der Waals surface area contributed by atoms with E-state index in [-0.39, 0.29) is 11.3 Å². The molecule has 0 aromatic heterocycles. The van der Waals surface area contributed by atoms with E-state index in [1.165, 1.54) is 11.8 Å². The van der Waals surface area contributed by atoms with Gasteiger partial charge in [0.05, 0.1) is 11.6 Å². The Morgan fingerprint density at radius 3 is 2.15 bits per heavy atom. The summed E-state index contributed by atoms with van der Waals surface area (Å²) in [6.45, 7) is 3.34. The molecule has 1 fully saturated rings. The van der Waals surface area contributed by atoms with E-state index in [0.29, 0.717) is 22.6 Å². The van der Waals surface area contributed by atoms with Gasteiger partial charge in [0.1, 0.15) is 11.5 Å². The van der Waals surface area contributed by atoms with Gasteiger partial charge in [-0.3, -0.25) is 19.3 Å². The molecule has 1 aliphatic heterocycles. The molecular formula is C27H23NO5. The molecule has 0 saturated carbocycles. The molecule has 0 bridgehead atoms. The van der Waals surface area contributed by atoms with Gasteiger partial charge in [0.2, 0.25) is 0 Å². The molecule has 1 heterocycles. The van der Waals surface area contributed by atoms with Crippen LogP contribution in [-0.2, 0) is 20.8 Å². The number of aryl methyl sites for hydroxylation is 1. The smallest absolute Gasteiger partial charge is 0.308 e. The van der Waals surface area contributed by atoms with Crippen LogP contribution >= 0.6 is 0 Å². The van der Waals surface area contributed by atoms with Crippen molar-refractivity contribution in [1.29, 1.82) is 0 Å². The number of Topliss-reactive ketones (excluding diaryl/α,β-unsaturated/α-hetero) is 1. The number of aliphatic hydroxyl groups excluding tert-OH is 1. The summed E-state index contributed by atoms with van der Waals surface area (Å²) in [5.41, 5.74) is 2.70. The zero-order valence-corrected chi connectivity index (χ0v) is 18.3. The summed E-state index contributed by atoms with van der Waals surface area (Å²) in [6, 6.07) is 21.8. The first-order valence-electron chi connectivity index (χ1n) is 10.6. The van der Waals surface area contributed by atoms with E-state index in [1.807, 2.05) is 19.1 Å². The first-order chi connectivity index (χ1) is 15.9. The summed E-state index contributed by atoms with van der Waals surface area (Å²) in [4.78, 5) is 39.0. The number of hydrogen-bond acceptors (Lipinski definition) is 5. The van der Waals surface area contributed by atoms with Crippen LogP contribution in [0.2, 0.25) is 0 Å². The molecule has 4 rings (SSSR count). The van der Waals surface area contributed by atoms with Crippen LogP contribution < -0.4 is 9.64 Å². The number of ether oxygens (including phenoxy) is 1. The maximum absolute atomic E-state index is 13.2. The SMILES string of the molecule is CCc1ccc(N2C(=O)C(=O)/C(=C(/O)c3ccccc3)C2c2ccc(OC(C)=O)cc2)cc1. The van der Waals surface area contributed by atoms with Crippen molar-refractivity contribution >= 4 is 29.1 Å². The zero-order chi connectivity index (χ0) is 23.5. The first kappa shape index (κ1) is 22.0. The number of rotatable bonds is 5. The number of ketones is 1. The summed E-state index contributed by atoms with van der Waals surface area (Å²) in [5, 5.41) is 11.1. The van der Waals surface area contributed by atoms with Gasteiger partial charge in [-0.2, -0.15) is 0 Å². The molecule has 0 radical (unpaired) electrons. The highest BCUT2D eigenvalue weighted by molar-refractivity contribution is 6.51. The van der Waals surface area contributed by atoms with Crippen LogP contribution in [0.5, 0.6) is 5.75 Å². The van der Waals surface area contributed by atoms with Crippen molar-refractivity contribution in [2.45, 2.75) is 26.3 Å². The van der Waals surface area contributed by atoms with E-state index in [9.17, 15) is 19.5 Å². The molecule has 33 heavy (non-hydrogen) atoms. The Hall–Kier alpha value is -4.19. The number of esters is 1. The normalized spacial score (nSPS) is 17.3. The Bertz CT molecular complexity index is 1230. The van der Waals surface area contributed by atoms with E-state index in [2.05, 4.69) is 0 Å². The molecular weight excluding hydrogens is 418 g/mol. The van der Waals surface area contributed by atoms with E-state index in [4.69, 9.17) is 4.74 Å². The molecule has 1 saturated heterocycles. The number of carbonyl (C=O) groups is 3. The minimum Gasteiger partial charge on any atom is -0.507 e. The summed E-state index contributed by atoms with van der Waals surface area (Å²) >= 11 is 0. The lowest BCUT2D eigenvalue weighted by molar-refractivity contribution is -0.132. The Balaban J connectivity index is 1.87. The lowest BCUT2D eigenvalue weighted by Crippen LogP contribution is -2.29. The van der Waals surface area contributed by atoms with Crippen molar-refractivity contribution in [3.05, 3.63) is 101 Å². The number of carbonyl (C=O) groups excluding carboxylic acids is 3. The third-order valence-corrected chi connectivity index (χ3v) is 5.57. The molecule has 1 amide bonds. The largest absolute Gasteiger partial charge is 0.507 e. The van der Waals surface area contributed by atoms with Gasteiger partial charge < -0.3 is 9.84 Å². The fourth-order valence-electron chi connectivity index (χ4n) is 3.94. The predicted octanol–water partition coefficient (Wildman–Crippen LogP) is 4.80. The Kier molecular flexibility index (Phi) is 6.09. The van der Waals surface area contributed by atoms with Gasteiger partial charge in [0.15, 0.2) is 0 Å². The summed E-state index contributed by atoms with van der Waals surface area (Å²) in [5.74, 6) is -1.82. The number of hydrogen-bond donors (Lipinski definition) is 1. The van der Waals surface area contributed by atoms with Crippen LogP contribution in [0.15, 0.2) is 84.4 Å². The van der Waals surface area contributed by atoms with E-state index in [0.717, 1.165) is 12.0 Å². The van der Waals surface area contributed by atoms with Crippen molar-refractivity contribution < 1.29 is 24.2 Å². The van der Waals surface area contributed by atoms with E-state index in [1.54, 1.807) is 66.7 Å². The average molecular weight is 441 g/mol. The number of anilines is 1.